The standard InChI is InChI=1S/C5H10N4O2S/c1-4(6)5-3-9(8-7-5)12(2,10)11/h3-4H,6H2,1-2H3. The summed E-state index contributed by atoms with van der Waals surface area (Å²) in [6, 6.07) is -0.305. The molecule has 6 nitrogen and oxygen atoms in total. The van der Waals surface area contributed by atoms with Crippen LogP contribution in [0.15, 0.2) is 6.20 Å². The van der Waals surface area contributed by atoms with Crippen LogP contribution in [0.3, 0.4) is 0 Å². The maximum absolute atomic E-state index is 10.9. The minimum atomic E-state index is -3.33. The van der Waals surface area contributed by atoms with E-state index in [2.05, 4.69) is 10.3 Å². The van der Waals surface area contributed by atoms with Gasteiger partial charge in [0.15, 0.2) is 0 Å². The quantitative estimate of drug-likeness (QED) is 0.653. The SMILES string of the molecule is CC(N)c1cn(S(C)(=O)=O)nn1. The number of rotatable bonds is 2. The van der Waals surface area contributed by atoms with E-state index in [1.165, 1.54) is 6.20 Å². The molecule has 0 radical (unpaired) electrons. The van der Waals surface area contributed by atoms with Crippen molar-refractivity contribution in [2.75, 3.05) is 6.26 Å². The molecular formula is C5H10N4O2S. The van der Waals surface area contributed by atoms with E-state index in [0.29, 0.717) is 5.69 Å². The van der Waals surface area contributed by atoms with Crippen molar-refractivity contribution in [3.63, 3.8) is 0 Å². The van der Waals surface area contributed by atoms with Crippen LogP contribution >= 0.6 is 0 Å². The Labute approximate surface area is 70.4 Å². The second-order valence-corrected chi connectivity index (χ2v) is 4.41. The first kappa shape index (κ1) is 9.14. The minimum Gasteiger partial charge on any atom is -0.323 e. The van der Waals surface area contributed by atoms with Crippen molar-refractivity contribution < 1.29 is 8.42 Å². The number of hydrogen-bond donors (Lipinski definition) is 1. The average Bonchev–Trinajstić information content (AvgIpc) is 2.30. The Kier molecular flexibility index (Phi) is 2.16. The number of aromatic nitrogens is 3. The van der Waals surface area contributed by atoms with E-state index in [1.54, 1.807) is 6.92 Å². The summed E-state index contributed by atoms with van der Waals surface area (Å²) in [6.07, 6.45) is 2.35. The fourth-order valence-electron chi connectivity index (χ4n) is 0.631. The Bertz CT molecular complexity index is 367. The summed E-state index contributed by atoms with van der Waals surface area (Å²) < 4.78 is 22.6. The van der Waals surface area contributed by atoms with E-state index in [4.69, 9.17) is 5.73 Å². The molecule has 0 aliphatic carbocycles. The predicted molar refractivity (Wildman–Crippen MR) is 42.9 cm³/mol. The maximum Gasteiger partial charge on any atom is 0.252 e. The second kappa shape index (κ2) is 2.83. The number of nitrogens with zero attached hydrogens (tertiary/aromatic N) is 3. The van der Waals surface area contributed by atoms with Crippen molar-refractivity contribution in [3.05, 3.63) is 11.9 Å². The molecule has 1 aromatic heterocycles. The van der Waals surface area contributed by atoms with Gasteiger partial charge in [-0.1, -0.05) is 5.21 Å². The molecule has 12 heavy (non-hydrogen) atoms. The van der Waals surface area contributed by atoms with Gasteiger partial charge in [0.2, 0.25) is 0 Å². The van der Waals surface area contributed by atoms with E-state index in [-0.39, 0.29) is 6.04 Å². The second-order valence-electron chi connectivity index (χ2n) is 2.57. The van der Waals surface area contributed by atoms with Gasteiger partial charge in [-0.25, -0.2) is 8.42 Å². The normalized spacial score (nSPS) is 14.6. The molecule has 1 unspecified atom stereocenters. The molecule has 1 heterocycles. The van der Waals surface area contributed by atoms with Crippen LogP contribution in [0.2, 0.25) is 0 Å². The summed E-state index contributed by atoms with van der Waals surface area (Å²) in [6.45, 7) is 1.70. The summed E-state index contributed by atoms with van der Waals surface area (Å²) in [5, 5.41) is 7.00. The number of hydrogen-bond acceptors (Lipinski definition) is 5. The van der Waals surface area contributed by atoms with Gasteiger partial charge in [-0.3, -0.25) is 0 Å². The third-order valence-corrected chi connectivity index (χ3v) is 2.16. The van der Waals surface area contributed by atoms with Gasteiger partial charge in [0.25, 0.3) is 10.0 Å². The van der Waals surface area contributed by atoms with Crippen LogP contribution in [0.5, 0.6) is 0 Å². The lowest BCUT2D eigenvalue weighted by atomic mass is 10.3. The van der Waals surface area contributed by atoms with E-state index >= 15 is 0 Å². The Morgan fingerprint density at radius 1 is 1.67 bits per heavy atom. The Morgan fingerprint density at radius 3 is 2.50 bits per heavy atom. The summed E-state index contributed by atoms with van der Waals surface area (Å²) in [5.41, 5.74) is 5.92. The van der Waals surface area contributed by atoms with Gasteiger partial charge < -0.3 is 5.73 Å². The molecule has 0 aliphatic rings. The van der Waals surface area contributed by atoms with Gasteiger partial charge in [-0.15, -0.1) is 9.19 Å². The third kappa shape index (κ3) is 1.80. The first-order chi connectivity index (χ1) is 5.41. The Morgan fingerprint density at radius 2 is 2.25 bits per heavy atom. The first-order valence-corrected chi connectivity index (χ1v) is 5.14. The molecule has 0 saturated heterocycles. The van der Waals surface area contributed by atoms with E-state index in [0.717, 1.165) is 10.3 Å². The topological polar surface area (TPSA) is 90.9 Å². The van der Waals surface area contributed by atoms with Gasteiger partial charge in [0, 0.05) is 6.04 Å². The third-order valence-electron chi connectivity index (χ3n) is 1.30. The molecule has 1 rings (SSSR count). The monoisotopic (exact) mass is 190 g/mol. The zero-order valence-electron chi connectivity index (χ0n) is 6.80. The first-order valence-electron chi connectivity index (χ1n) is 3.29. The Balaban J connectivity index is 3.09. The molecule has 0 spiro atoms. The highest BCUT2D eigenvalue weighted by molar-refractivity contribution is 7.89. The molecule has 1 atom stereocenters. The van der Waals surface area contributed by atoms with Crippen LogP contribution in [0.1, 0.15) is 18.7 Å². The number of nitrogens with two attached hydrogens (primary N) is 1. The Hall–Kier alpha value is -0.950. The minimum absolute atomic E-state index is 0.305. The molecule has 68 valence electrons. The molecule has 0 aliphatic heterocycles. The average molecular weight is 190 g/mol. The van der Waals surface area contributed by atoms with Crippen molar-refractivity contribution in [2.24, 2.45) is 5.73 Å². The molecule has 0 fully saturated rings. The van der Waals surface area contributed by atoms with Gasteiger partial charge in [-0.05, 0) is 6.92 Å². The fourth-order valence-corrected chi connectivity index (χ4v) is 1.10. The molecule has 2 N–H and O–H groups in total. The van der Waals surface area contributed by atoms with Gasteiger partial charge in [-0.2, -0.15) is 0 Å². The highest BCUT2D eigenvalue weighted by Gasteiger charge is 2.10. The van der Waals surface area contributed by atoms with Crippen molar-refractivity contribution in [2.45, 2.75) is 13.0 Å². The largest absolute Gasteiger partial charge is 0.323 e. The lowest BCUT2D eigenvalue weighted by molar-refractivity contribution is 0.583. The maximum atomic E-state index is 10.9. The predicted octanol–water partition coefficient (Wildman–Crippen LogP) is -0.894. The summed E-state index contributed by atoms with van der Waals surface area (Å²) in [5.74, 6) is 0. The van der Waals surface area contributed by atoms with Crippen molar-refractivity contribution in [1.82, 2.24) is 14.4 Å². The van der Waals surface area contributed by atoms with E-state index in [9.17, 15) is 8.42 Å². The van der Waals surface area contributed by atoms with Crippen molar-refractivity contribution >= 4 is 10.0 Å². The lowest BCUT2D eigenvalue weighted by Gasteiger charge is -1.95. The van der Waals surface area contributed by atoms with E-state index < -0.39 is 10.0 Å². The molecule has 0 aromatic carbocycles. The summed E-state index contributed by atoms with van der Waals surface area (Å²) in [7, 11) is -3.33. The van der Waals surface area contributed by atoms with Gasteiger partial charge in [0.1, 0.15) is 5.69 Å². The molecule has 0 amide bonds. The van der Waals surface area contributed by atoms with Crippen molar-refractivity contribution in [1.29, 1.82) is 0 Å². The van der Waals surface area contributed by atoms with Crippen LogP contribution in [0.25, 0.3) is 0 Å². The highest BCUT2D eigenvalue weighted by atomic mass is 32.2. The zero-order valence-corrected chi connectivity index (χ0v) is 7.61. The van der Waals surface area contributed by atoms with Crippen molar-refractivity contribution in [3.8, 4) is 0 Å². The van der Waals surface area contributed by atoms with Crippen LogP contribution < -0.4 is 5.73 Å². The summed E-state index contributed by atoms with van der Waals surface area (Å²) >= 11 is 0. The van der Waals surface area contributed by atoms with Crippen LogP contribution in [0.4, 0.5) is 0 Å². The fraction of sp³-hybridized carbons (Fsp3) is 0.600. The molecule has 1 aromatic rings. The van der Waals surface area contributed by atoms with Gasteiger partial charge >= 0.3 is 0 Å². The van der Waals surface area contributed by atoms with E-state index in [1.807, 2.05) is 0 Å². The van der Waals surface area contributed by atoms with Gasteiger partial charge in [0.05, 0.1) is 12.5 Å². The van der Waals surface area contributed by atoms with Crippen LogP contribution in [0, 0.1) is 0 Å². The zero-order chi connectivity index (χ0) is 9.35. The highest BCUT2D eigenvalue weighted by Crippen LogP contribution is 2.04. The smallest absolute Gasteiger partial charge is 0.252 e. The molecular weight excluding hydrogens is 180 g/mol. The van der Waals surface area contributed by atoms with Crippen LogP contribution in [-0.2, 0) is 10.0 Å². The summed E-state index contributed by atoms with van der Waals surface area (Å²) in [4.78, 5) is 0. The molecule has 0 bridgehead atoms. The molecule has 0 saturated carbocycles. The molecule has 7 heteroatoms. The van der Waals surface area contributed by atoms with Crippen LogP contribution in [-0.4, -0.2) is 29.1 Å². The lowest BCUT2D eigenvalue weighted by Crippen LogP contribution is -2.10.